The van der Waals surface area contributed by atoms with Crippen molar-refractivity contribution in [3.05, 3.63) is 29.6 Å². The van der Waals surface area contributed by atoms with E-state index in [4.69, 9.17) is 9.47 Å². The van der Waals surface area contributed by atoms with Gasteiger partial charge in [0.25, 0.3) is 0 Å². The van der Waals surface area contributed by atoms with Crippen LogP contribution in [0.25, 0.3) is 0 Å². The summed E-state index contributed by atoms with van der Waals surface area (Å²) < 4.78 is 49.9. The molecule has 0 unspecified atom stereocenters. The van der Waals surface area contributed by atoms with Crippen molar-refractivity contribution in [2.45, 2.75) is 58.5 Å². The number of nitrogens with zero attached hydrogens (tertiary/aromatic N) is 3. The normalized spacial score (nSPS) is 16.7. The van der Waals surface area contributed by atoms with Crippen molar-refractivity contribution in [3.8, 4) is 0 Å². The Hall–Kier alpha value is -2.85. The van der Waals surface area contributed by atoms with E-state index in [2.05, 4.69) is 4.98 Å². The zero-order chi connectivity index (χ0) is 23.4. The van der Waals surface area contributed by atoms with Crippen molar-refractivity contribution in [1.82, 2.24) is 14.8 Å². The molecule has 1 aromatic heterocycles. The minimum absolute atomic E-state index is 0.0962. The second-order valence-electron chi connectivity index (χ2n) is 8.06. The fourth-order valence-electron chi connectivity index (χ4n) is 3.10. The number of alkyl halides is 3. The minimum atomic E-state index is -5.10. The van der Waals surface area contributed by atoms with Crippen LogP contribution in [0.2, 0.25) is 0 Å². The van der Waals surface area contributed by atoms with E-state index in [1.807, 2.05) is 0 Å². The smallest absolute Gasteiger partial charge is 0.462 e. The molecule has 1 aliphatic rings. The Morgan fingerprint density at radius 3 is 2.52 bits per heavy atom. The molecule has 0 saturated carbocycles. The highest BCUT2D eigenvalue weighted by atomic mass is 19.4. The fourth-order valence-corrected chi connectivity index (χ4v) is 3.10. The van der Waals surface area contributed by atoms with Gasteiger partial charge in [-0.25, -0.2) is 9.59 Å². The Labute approximate surface area is 178 Å². The zero-order valence-electron chi connectivity index (χ0n) is 17.9. The van der Waals surface area contributed by atoms with Gasteiger partial charge in [-0.2, -0.15) is 13.2 Å². The van der Waals surface area contributed by atoms with Gasteiger partial charge in [-0.05, 0) is 46.2 Å². The summed E-state index contributed by atoms with van der Waals surface area (Å²) in [6, 6.07) is 1.78. The first-order valence-electron chi connectivity index (χ1n) is 9.79. The van der Waals surface area contributed by atoms with Crippen molar-refractivity contribution < 1.29 is 37.0 Å². The second kappa shape index (κ2) is 9.52. The molecule has 2 amide bonds. The fraction of sp³-hybridized carbons (Fsp3) is 0.600. The maximum Gasteiger partial charge on any atom is 0.471 e. The largest absolute Gasteiger partial charge is 0.471 e. The van der Waals surface area contributed by atoms with Crippen LogP contribution in [0.4, 0.5) is 18.0 Å². The molecule has 0 aromatic carbocycles. The number of amides is 2. The highest BCUT2D eigenvalue weighted by molar-refractivity contribution is 5.89. The number of pyridine rings is 1. The first-order chi connectivity index (χ1) is 14.3. The topological polar surface area (TPSA) is 89.0 Å². The lowest BCUT2D eigenvalue weighted by atomic mass is 10.1. The Morgan fingerprint density at radius 1 is 1.26 bits per heavy atom. The van der Waals surface area contributed by atoms with Crippen molar-refractivity contribution in [1.29, 1.82) is 0 Å². The number of halogens is 3. The number of carbonyl (C=O) groups is 3. The Balaban J connectivity index is 2.22. The van der Waals surface area contributed by atoms with Gasteiger partial charge in [0.1, 0.15) is 5.60 Å². The van der Waals surface area contributed by atoms with Gasteiger partial charge in [0, 0.05) is 19.3 Å². The molecule has 1 aromatic rings. The average molecular weight is 445 g/mol. The average Bonchev–Trinajstić information content (AvgIpc) is 3.14. The number of esters is 1. The SMILES string of the molecule is CCOC(=O)c1ccnc(CN(C(=O)C(F)(F)F)[C@@H]2CCN(C(=O)OC(C)(C)C)C2)c1. The summed E-state index contributed by atoms with van der Waals surface area (Å²) in [6.45, 7) is 6.38. The standard InChI is InChI=1S/C20H26F3N3O5/c1-5-30-16(27)13-6-8-24-14(10-13)11-26(17(28)20(21,22)23)15-7-9-25(12-15)18(29)31-19(2,3)4/h6,8,10,15H,5,7,9,11-12H2,1-4H3/t15-/m1/s1. The quantitative estimate of drug-likeness (QED) is 0.647. The molecule has 0 radical (unpaired) electrons. The number of likely N-dealkylation sites (tertiary alicyclic amines) is 1. The van der Waals surface area contributed by atoms with Crippen molar-refractivity contribution in [2.75, 3.05) is 19.7 Å². The third kappa shape index (κ3) is 6.83. The highest BCUT2D eigenvalue weighted by Gasteiger charge is 2.46. The summed E-state index contributed by atoms with van der Waals surface area (Å²) in [4.78, 5) is 42.2. The van der Waals surface area contributed by atoms with Gasteiger partial charge >= 0.3 is 24.1 Å². The van der Waals surface area contributed by atoms with Gasteiger partial charge in [0.15, 0.2) is 0 Å². The first-order valence-corrected chi connectivity index (χ1v) is 9.79. The molecule has 2 rings (SSSR count). The van der Waals surface area contributed by atoms with Crippen LogP contribution in [0.15, 0.2) is 18.3 Å². The van der Waals surface area contributed by atoms with Gasteiger partial charge in [0.05, 0.1) is 30.5 Å². The van der Waals surface area contributed by atoms with Crippen molar-refractivity contribution >= 4 is 18.0 Å². The Bertz CT molecular complexity index is 823. The second-order valence-corrected chi connectivity index (χ2v) is 8.06. The molecule has 2 heterocycles. The summed E-state index contributed by atoms with van der Waals surface area (Å²) in [5.74, 6) is -2.68. The Kier molecular flexibility index (Phi) is 7.50. The predicted octanol–water partition coefficient (Wildman–Crippen LogP) is 3.16. The van der Waals surface area contributed by atoms with Crippen molar-refractivity contribution in [2.24, 2.45) is 0 Å². The molecule has 11 heteroatoms. The van der Waals surface area contributed by atoms with Crippen LogP contribution >= 0.6 is 0 Å². The Morgan fingerprint density at radius 2 is 1.94 bits per heavy atom. The van der Waals surface area contributed by atoms with Crippen LogP contribution in [0.1, 0.15) is 50.2 Å². The molecule has 1 aliphatic heterocycles. The molecule has 1 saturated heterocycles. The van der Waals surface area contributed by atoms with E-state index >= 15 is 0 Å². The van der Waals surface area contributed by atoms with E-state index < -0.39 is 42.3 Å². The first kappa shape index (κ1) is 24.4. The van der Waals surface area contributed by atoms with Gasteiger partial charge in [-0.15, -0.1) is 0 Å². The van der Waals surface area contributed by atoms with E-state index in [0.717, 1.165) is 0 Å². The number of carbonyl (C=O) groups excluding carboxylic acids is 3. The van der Waals surface area contributed by atoms with Crippen molar-refractivity contribution in [3.63, 3.8) is 0 Å². The number of aromatic nitrogens is 1. The summed E-state index contributed by atoms with van der Waals surface area (Å²) in [5.41, 5.74) is -0.541. The lowest BCUT2D eigenvalue weighted by Crippen LogP contribution is -2.48. The number of rotatable bonds is 5. The molecule has 0 bridgehead atoms. The minimum Gasteiger partial charge on any atom is -0.462 e. The van der Waals surface area contributed by atoms with Crippen LogP contribution in [-0.2, 0) is 20.8 Å². The van der Waals surface area contributed by atoms with Crippen LogP contribution < -0.4 is 0 Å². The highest BCUT2D eigenvalue weighted by Crippen LogP contribution is 2.26. The number of hydrogen-bond donors (Lipinski definition) is 0. The van der Waals surface area contributed by atoms with E-state index in [9.17, 15) is 27.6 Å². The molecule has 1 fully saturated rings. The molecule has 1 atom stereocenters. The van der Waals surface area contributed by atoms with Gasteiger partial charge in [0.2, 0.25) is 0 Å². The molecule has 172 valence electrons. The molecular weight excluding hydrogens is 419 g/mol. The molecule has 0 N–H and O–H groups in total. The lowest BCUT2D eigenvalue weighted by molar-refractivity contribution is -0.188. The molecule has 8 nitrogen and oxygen atoms in total. The third-order valence-electron chi connectivity index (χ3n) is 4.42. The lowest BCUT2D eigenvalue weighted by Gasteiger charge is -2.30. The van der Waals surface area contributed by atoms with Crippen LogP contribution in [0.5, 0.6) is 0 Å². The summed E-state index contributed by atoms with van der Waals surface area (Å²) in [6.07, 6.45) is -4.34. The van der Waals surface area contributed by atoms with Crippen LogP contribution in [0, 0.1) is 0 Å². The van der Waals surface area contributed by atoms with Gasteiger partial charge in [-0.3, -0.25) is 9.78 Å². The third-order valence-corrected chi connectivity index (χ3v) is 4.42. The van der Waals surface area contributed by atoms with E-state index in [1.165, 1.54) is 23.2 Å². The number of hydrogen-bond acceptors (Lipinski definition) is 6. The van der Waals surface area contributed by atoms with Crippen LogP contribution in [0.3, 0.4) is 0 Å². The molecule has 0 spiro atoms. The van der Waals surface area contributed by atoms with E-state index in [0.29, 0.717) is 4.90 Å². The maximum atomic E-state index is 13.3. The summed E-state index contributed by atoms with van der Waals surface area (Å²) >= 11 is 0. The molecule has 31 heavy (non-hydrogen) atoms. The van der Waals surface area contributed by atoms with Crippen LogP contribution in [-0.4, -0.2) is 70.3 Å². The molecule has 0 aliphatic carbocycles. The van der Waals surface area contributed by atoms with E-state index in [1.54, 1.807) is 27.7 Å². The number of ether oxygens (including phenoxy) is 2. The monoisotopic (exact) mass is 445 g/mol. The zero-order valence-corrected chi connectivity index (χ0v) is 17.9. The summed E-state index contributed by atoms with van der Waals surface area (Å²) in [7, 11) is 0. The maximum absolute atomic E-state index is 13.3. The van der Waals surface area contributed by atoms with E-state index in [-0.39, 0.29) is 37.4 Å². The molecular formula is C20H26F3N3O5. The van der Waals surface area contributed by atoms with Gasteiger partial charge in [-0.1, -0.05) is 0 Å². The summed E-state index contributed by atoms with van der Waals surface area (Å²) in [5, 5.41) is 0. The predicted molar refractivity (Wildman–Crippen MR) is 103 cm³/mol. The van der Waals surface area contributed by atoms with Gasteiger partial charge < -0.3 is 19.3 Å².